The van der Waals surface area contributed by atoms with Crippen molar-refractivity contribution in [2.45, 2.75) is 6.42 Å². The second kappa shape index (κ2) is 7.52. The molecule has 0 amide bonds. The van der Waals surface area contributed by atoms with Crippen LogP contribution in [0.1, 0.15) is 16.9 Å². The molecule has 0 unspecified atom stereocenters. The van der Waals surface area contributed by atoms with E-state index in [-0.39, 0.29) is 5.78 Å². The van der Waals surface area contributed by atoms with Gasteiger partial charge in [0, 0.05) is 13.5 Å². The lowest BCUT2D eigenvalue weighted by atomic mass is 10.2. The molecule has 6 nitrogen and oxygen atoms in total. The third kappa shape index (κ3) is 3.72. The molecule has 0 radical (unpaired) electrons. The average Bonchev–Trinajstić information content (AvgIpc) is 2.97. The maximum Gasteiger partial charge on any atom is 0.185 e. The normalized spacial score (nSPS) is 10.7. The van der Waals surface area contributed by atoms with E-state index in [1.807, 2.05) is 30.3 Å². The first kappa shape index (κ1) is 14.4. The predicted molar refractivity (Wildman–Crippen MR) is 73.0 cm³/mol. The summed E-state index contributed by atoms with van der Waals surface area (Å²) >= 11 is 0. The van der Waals surface area contributed by atoms with E-state index in [0.29, 0.717) is 31.9 Å². The van der Waals surface area contributed by atoms with Gasteiger partial charge in [-0.05, 0) is 12.1 Å². The van der Waals surface area contributed by atoms with E-state index in [2.05, 4.69) is 10.3 Å². The van der Waals surface area contributed by atoms with Crippen molar-refractivity contribution in [2.75, 3.05) is 26.9 Å². The molecule has 0 N–H and O–H groups in total. The van der Waals surface area contributed by atoms with Crippen LogP contribution in [0.5, 0.6) is 0 Å². The highest BCUT2D eigenvalue weighted by Gasteiger charge is 2.14. The first-order valence-electron chi connectivity index (χ1n) is 6.39. The van der Waals surface area contributed by atoms with Crippen molar-refractivity contribution in [3.8, 4) is 5.69 Å². The van der Waals surface area contributed by atoms with Gasteiger partial charge in [-0.1, -0.05) is 23.4 Å². The zero-order valence-corrected chi connectivity index (χ0v) is 11.4. The van der Waals surface area contributed by atoms with Crippen molar-refractivity contribution in [3.63, 3.8) is 0 Å². The number of benzene rings is 1. The number of para-hydroxylation sites is 1. The molecule has 1 aromatic heterocycles. The molecular formula is C14H17N3O3. The number of ketones is 1. The maximum absolute atomic E-state index is 12.1. The third-order valence-electron chi connectivity index (χ3n) is 2.74. The molecular weight excluding hydrogens is 258 g/mol. The highest BCUT2D eigenvalue weighted by Crippen LogP contribution is 2.10. The van der Waals surface area contributed by atoms with Crippen LogP contribution in [0.3, 0.4) is 0 Å². The van der Waals surface area contributed by atoms with Crippen LogP contribution in [0, 0.1) is 0 Å². The average molecular weight is 275 g/mol. The number of Topliss-reactive ketones (excluding diaryl/α,β-unsaturated/α-hetero) is 1. The summed E-state index contributed by atoms with van der Waals surface area (Å²) in [6.07, 6.45) is 1.77. The number of hydrogen-bond donors (Lipinski definition) is 0. The van der Waals surface area contributed by atoms with Gasteiger partial charge in [0.1, 0.15) is 5.69 Å². The number of hydrogen-bond acceptors (Lipinski definition) is 5. The quantitative estimate of drug-likeness (QED) is 0.539. The smallest absolute Gasteiger partial charge is 0.185 e. The number of ether oxygens (including phenoxy) is 2. The van der Waals surface area contributed by atoms with Crippen LogP contribution in [0.4, 0.5) is 0 Å². The van der Waals surface area contributed by atoms with E-state index in [9.17, 15) is 4.79 Å². The SMILES string of the molecule is COCCOCCC(=O)c1cnnn1-c1ccccc1. The Labute approximate surface area is 117 Å². The fourth-order valence-corrected chi connectivity index (χ4v) is 1.72. The van der Waals surface area contributed by atoms with E-state index in [1.54, 1.807) is 7.11 Å². The molecule has 1 aromatic carbocycles. The molecule has 2 aromatic rings. The second-order valence-electron chi connectivity index (χ2n) is 4.14. The Kier molecular flexibility index (Phi) is 5.40. The number of carbonyl (C=O) groups is 1. The summed E-state index contributed by atoms with van der Waals surface area (Å²) in [5.74, 6) is -0.0451. The molecule has 0 aliphatic heterocycles. The van der Waals surface area contributed by atoms with Crippen molar-refractivity contribution in [3.05, 3.63) is 42.2 Å². The van der Waals surface area contributed by atoms with E-state index in [4.69, 9.17) is 9.47 Å². The summed E-state index contributed by atoms with van der Waals surface area (Å²) < 4.78 is 11.7. The van der Waals surface area contributed by atoms with Crippen LogP contribution in [0.15, 0.2) is 36.5 Å². The zero-order chi connectivity index (χ0) is 14.2. The number of nitrogens with zero attached hydrogens (tertiary/aromatic N) is 3. The topological polar surface area (TPSA) is 66.2 Å². The van der Waals surface area contributed by atoms with Crippen LogP contribution in [-0.4, -0.2) is 47.7 Å². The molecule has 2 rings (SSSR count). The lowest BCUT2D eigenvalue weighted by Gasteiger charge is -2.06. The number of aromatic nitrogens is 3. The predicted octanol–water partition coefficient (Wildman–Crippen LogP) is 1.50. The first-order chi connectivity index (χ1) is 9.83. The Morgan fingerprint density at radius 1 is 1.20 bits per heavy atom. The minimum Gasteiger partial charge on any atom is -0.382 e. The van der Waals surface area contributed by atoms with Gasteiger partial charge >= 0.3 is 0 Å². The van der Waals surface area contributed by atoms with Gasteiger partial charge in [0.15, 0.2) is 5.78 Å². The maximum atomic E-state index is 12.1. The molecule has 0 bridgehead atoms. The van der Waals surface area contributed by atoms with Gasteiger partial charge in [-0.2, -0.15) is 0 Å². The molecule has 0 spiro atoms. The summed E-state index contributed by atoms with van der Waals surface area (Å²) in [5.41, 5.74) is 1.28. The second-order valence-corrected chi connectivity index (χ2v) is 4.14. The molecule has 0 atom stereocenters. The van der Waals surface area contributed by atoms with Crippen LogP contribution in [-0.2, 0) is 9.47 Å². The van der Waals surface area contributed by atoms with Gasteiger partial charge < -0.3 is 9.47 Å². The van der Waals surface area contributed by atoms with Gasteiger partial charge in [-0.3, -0.25) is 4.79 Å². The molecule has 1 heterocycles. The largest absolute Gasteiger partial charge is 0.382 e. The van der Waals surface area contributed by atoms with Gasteiger partial charge in [-0.25, -0.2) is 4.68 Å². The van der Waals surface area contributed by atoms with Crippen LogP contribution in [0.2, 0.25) is 0 Å². The summed E-state index contributed by atoms with van der Waals surface area (Å²) in [6, 6.07) is 9.44. The van der Waals surface area contributed by atoms with Crippen molar-refractivity contribution in [1.82, 2.24) is 15.0 Å². The molecule has 0 aliphatic carbocycles. The fraction of sp³-hybridized carbons (Fsp3) is 0.357. The number of carbonyl (C=O) groups excluding carboxylic acids is 1. The minimum absolute atomic E-state index is 0.0451. The van der Waals surface area contributed by atoms with Crippen molar-refractivity contribution >= 4 is 5.78 Å². The lowest BCUT2D eigenvalue weighted by molar-refractivity contribution is 0.0638. The van der Waals surface area contributed by atoms with Crippen molar-refractivity contribution < 1.29 is 14.3 Å². The van der Waals surface area contributed by atoms with Gasteiger partial charge in [0.05, 0.1) is 31.7 Å². The monoisotopic (exact) mass is 275 g/mol. The number of rotatable bonds is 8. The van der Waals surface area contributed by atoms with Gasteiger partial charge in [0.25, 0.3) is 0 Å². The van der Waals surface area contributed by atoms with E-state index in [0.717, 1.165) is 5.69 Å². The van der Waals surface area contributed by atoms with Crippen LogP contribution < -0.4 is 0 Å². The molecule has 0 fully saturated rings. The Morgan fingerprint density at radius 3 is 2.75 bits per heavy atom. The van der Waals surface area contributed by atoms with E-state index >= 15 is 0 Å². The Hall–Kier alpha value is -2.05. The Bertz CT molecular complexity index is 540. The van der Waals surface area contributed by atoms with E-state index < -0.39 is 0 Å². The molecule has 6 heteroatoms. The molecule has 20 heavy (non-hydrogen) atoms. The standard InChI is InChI=1S/C14H17N3O3/c1-19-9-10-20-8-7-14(18)13-11-15-16-17(13)12-5-3-2-4-6-12/h2-6,11H,7-10H2,1H3. The summed E-state index contributed by atoms with van der Waals surface area (Å²) in [6.45, 7) is 1.37. The Balaban J connectivity index is 1.96. The summed E-state index contributed by atoms with van der Waals surface area (Å²) in [4.78, 5) is 12.1. The van der Waals surface area contributed by atoms with Crippen molar-refractivity contribution in [2.24, 2.45) is 0 Å². The van der Waals surface area contributed by atoms with E-state index in [1.165, 1.54) is 10.9 Å². The zero-order valence-electron chi connectivity index (χ0n) is 11.4. The van der Waals surface area contributed by atoms with Crippen LogP contribution >= 0.6 is 0 Å². The van der Waals surface area contributed by atoms with Gasteiger partial charge in [0.2, 0.25) is 0 Å². The lowest BCUT2D eigenvalue weighted by Crippen LogP contribution is -2.12. The number of methoxy groups -OCH3 is 1. The first-order valence-corrected chi connectivity index (χ1v) is 6.39. The molecule has 0 saturated carbocycles. The highest BCUT2D eigenvalue weighted by atomic mass is 16.5. The summed E-state index contributed by atoms with van der Waals surface area (Å²) in [5, 5.41) is 7.76. The fourth-order valence-electron chi connectivity index (χ4n) is 1.72. The van der Waals surface area contributed by atoms with Crippen LogP contribution in [0.25, 0.3) is 5.69 Å². The molecule has 106 valence electrons. The van der Waals surface area contributed by atoms with Gasteiger partial charge in [-0.15, -0.1) is 5.10 Å². The highest BCUT2D eigenvalue weighted by molar-refractivity contribution is 5.94. The Morgan fingerprint density at radius 2 is 2.00 bits per heavy atom. The third-order valence-corrected chi connectivity index (χ3v) is 2.74. The van der Waals surface area contributed by atoms with Crippen molar-refractivity contribution in [1.29, 1.82) is 0 Å². The molecule has 0 aliphatic rings. The minimum atomic E-state index is -0.0451. The summed E-state index contributed by atoms with van der Waals surface area (Å²) in [7, 11) is 1.61. The molecule has 0 saturated heterocycles.